The van der Waals surface area contributed by atoms with Crippen molar-refractivity contribution < 1.29 is 4.79 Å². The molecule has 0 bridgehead atoms. The van der Waals surface area contributed by atoms with Crippen molar-refractivity contribution in [1.82, 2.24) is 19.8 Å². The molecule has 2 aromatic heterocycles. The molecule has 1 amide bonds. The number of hydrogen-bond acceptors (Lipinski definition) is 5. The van der Waals surface area contributed by atoms with Gasteiger partial charge in [0, 0.05) is 11.8 Å². The molecule has 2 N–H and O–H groups in total. The molecule has 0 atom stereocenters. The highest BCUT2D eigenvalue weighted by Crippen LogP contribution is 2.20. The van der Waals surface area contributed by atoms with Crippen molar-refractivity contribution in [2.24, 2.45) is 0 Å². The Morgan fingerprint density at radius 1 is 1.53 bits per heavy atom. The minimum absolute atomic E-state index is 0.175. The molecule has 0 saturated heterocycles. The van der Waals surface area contributed by atoms with Crippen LogP contribution in [0.2, 0.25) is 0 Å². The van der Waals surface area contributed by atoms with Crippen LogP contribution >= 0.6 is 11.5 Å². The number of hydrogen-bond donors (Lipinski definition) is 2. The average molecular weight is 279 g/mol. The van der Waals surface area contributed by atoms with Gasteiger partial charge in [-0.15, -0.1) is 5.10 Å². The van der Waals surface area contributed by atoms with Crippen LogP contribution in [0, 0.1) is 0 Å². The van der Waals surface area contributed by atoms with Gasteiger partial charge in [0.15, 0.2) is 5.82 Å². The number of H-pyrrole nitrogens is 1. The number of aryl methyl sites for hydroxylation is 1. The molecule has 0 radical (unpaired) electrons. The van der Waals surface area contributed by atoms with Crippen molar-refractivity contribution in [3.8, 4) is 0 Å². The Labute approximate surface area is 115 Å². The molecular weight excluding hydrogens is 262 g/mol. The summed E-state index contributed by atoms with van der Waals surface area (Å²) < 4.78 is 3.84. The van der Waals surface area contributed by atoms with E-state index < -0.39 is 0 Å². The molecule has 2 rings (SSSR count). The second-order valence-electron chi connectivity index (χ2n) is 4.62. The van der Waals surface area contributed by atoms with Gasteiger partial charge in [-0.2, -0.15) is 5.10 Å². The number of anilines is 1. The minimum atomic E-state index is -0.201. The van der Waals surface area contributed by atoms with Crippen molar-refractivity contribution in [2.45, 2.75) is 39.5 Å². The van der Waals surface area contributed by atoms with E-state index in [1.807, 2.05) is 19.9 Å². The normalized spacial score (nSPS) is 10.9. The van der Waals surface area contributed by atoms with E-state index >= 15 is 0 Å². The molecule has 7 heteroatoms. The van der Waals surface area contributed by atoms with Crippen molar-refractivity contribution >= 4 is 23.3 Å². The molecule has 0 aromatic carbocycles. The van der Waals surface area contributed by atoms with Crippen LogP contribution in [-0.2, 0) is 6.42 Å². The zero-order valence-corrected chi connectivity index (χ0v) is 12.0. The molecule has 102 valence electrons. The SMILES string of the molecule is CCCc1cc(NC(=O)c2snnc2C(C)C)n[nH]1. The molecular formula is C12H17N5OS. The van der Waals surface area contributed by atoms with E-state index in [9.17, 15) is 4.79 Å². The Hall–Kier alpha value is -1.76. The highest BCUT2D eigenvalue weighted by Gasteiger charge is 2.19. The highest BCUT2D eigenvalue weighted by atomic mass is 32.1. The number of amides is 1. The van der Waals surface area contributed by atoms with Crippen LogP contribution in [0.15, 0.2) is 6.07 Å². The molecule has 0 saturated carbocycles. The van der Waals surface area contributed by atoms with E-state index in [4.69, 9.17) is 0 Å². The third-order valence-corrected chi connectivity index (χ3v) is 3.40. The first-order chi connectivity index (χ1) is 9.11. The third-order valence-electron chi connectivity index (χ3n) is 2.66. The summed E-state index contributed by atoms with van der Waals surface area (Å²) in [6.45, 7) is 6.07. The van der Waals surface area contributed by atoms with Crippen LogP contribution in [0.25, 0.3) is 0 Å². The maximum Gasteiger partial charge on any atom is 0.270 e. The summed E-state index contributed by atoms with van der Waals surface area (Å²) in [5.41, 5.74) is 1.75. The van der Waals surface area contributed by atoms with E-state index in [1.54, 1.807) is 0 Å². The summed E-state index contributed by atoms with van der Waals surface area (Å²) in [5.74, 6) is 0.513. The second kappa shape index (κ2) is 5.92. The zero-order chi connectivity index (χ0) is 13.8. The first-order valence-corrected chi connectivity index (χ1v) is 7.07. The fraction of sp³-hybridized carbons (Fsp3) is 0.500. The fourth-order valence-corrected chi connectivity index (χ4v) is 2.44. The molecule has 0 fully saturated rings. The van der Waals surface area contributed by atoms with E-state index in [2.05, 4.69) is 32.0 Å². The smallest absolute Gasteiger partial charge is 0.270 e. The molecule has 2 heterocycles. The summed E-state index contributed by atoms with van der Waals surface area (Å²) in [4.78, 5) is 12.7. The first kappa shape index (κ1) is 13.7. The summed E-state index contributed by atoms with van der Waals surface area (Å²) in [6, 6.07) is 1.85. The van der Waals surface area contributed by atoms with Crippen LogP contribution in [0.1, 0.15) is 54.2 Å². The Kier molecular flexibility index (Phi) is 4.26. The van der Waals surface area contributed by atoms with Gasteiger partial charge >= 0.3 is 0 Å². The predicted octanol–water partition coefficient (Wildman–Crippen LogP) is 2.59. The Balaban J connectivity index is 2.09. The minimum Gasteiger partial charge on any atom is -0.304 e. The lowest BCUT2D eigenvalue weighted by molar-refractivity contribution is 0.102. The quantitative estimate of drug-likeness (QED) is 0.881. The van der Waals surface area contributed by atoms with Crippen LogP contribution in [0.3, 0.4) is 0 Å². The standard InChI is InChI=1S/C12H17N5OS/c1-4-5-8-6-9(15-14-8)13-12(18)11-10(7(2)3)16-17-19-11/h6-7H,4-5H2,1-3H3,(H2,13,14,15,18). The first-order valence-electron chi connectivity index (χ1n) is 6.29. The number of aromatic nitrogens is 4. The lowest BCUT2D eigenvalue weighted by atomic mass is 10.1. The number of carbonyl (C=O) groups is 1. The molecule has 0 unspecified atom stereocenters. The van der Waals surface area contributed by atoms with Crippen LogP contribution < -0.4 is 5.32 Å². The van der Waals surface area contributed by atoms with Crippen LogP contribution in [0.5, 0.6) is 0 Å². The number of nitrogens with zero attached hydrogens (tertiary/aromatic N) is 3. The van der Waals surface area contributed by atoms with Crippen LogP contribution in [0.4, 0.5) is 5.82 Å². The number of nitrogens with one attached hydrogen (secondary N) is 2. The molecule has 0 spiro atoms. The predicted molar refractivity (Wildman–Crippen MR) is 74.5 cm³/mol. The maximum absolute atomic E-state index is 12.1. The van der Waals surface area contributed by atoms with Crippen molar-refractivity contribution in [1.29, 1.82) is 0 Å². The average Bonchev–Trinajstić information content (AvgIpc) is 2.98. The number of rotatable bonds is 5. The largest absolute Gasteiger partial charge is 0.304 e. The van der Waals surface area contributed by atoms with Gasteiger partial charge in [0.05, 0.1) is 5.69 Å². The summed E-state index contributed by atoms with van der Waals surface area (Å²) in [6.07, 6.45) is 1.95. The lowest BCUT2D eigenvalue weighted by Crippen LogP contribution is -2.13. The van der Waals surface area contributed by atoms with Crippen LogP contribution in [-0.4, -0.2) is 25.7 Å². The number of aromatic amines is 1. The van der Waals surface area contributed by atoms with Gasteiger partial charge < -0.3 is 5.32 Å². The fourth-order valence-electron chi connectivity index (χ4n) is 1.73. The number of carbonyl (C=O) groups excluding carboxylic acids is 1. The van der Waals surface area contributed by atoms with E-state index in [0.717, 1.165) is 35.8 Å². The van der Waals surface area contributed by atoms with Crippen molar-refractivity contribution in [3.05, 3.63) is 22.3 Å². The molecule has 0 aliphatic rings. The summed E-state index contributed by atoms with van der Waals surface area (Å²) in [7, 11) is 0. The molecule has 2 aromatic rings. The summed E-state index contributed by atoms with van der Waals surface area (Å²) >= 11 is 1.11. The van der Waals surface area contributed by atoms with E-state index in [1.165, 1.54) is 0 Å². The lowest BCUT2D eigenvalue weighted by Gasteiger charge is -2.03. The van der Waals surface area contributed by atoms with Gasteiger partial charge in [-0.1, -0.05) is 31.7 Å². The third kappa shape index (κ3) is 3.17. The monoisotopic (exact) mass is 279 g/mol. The summed E-state index contributed by atoms with van der Waals surface area (Å²) in [5, 5.41) is 13.7. The van der Waals surface area contributed by atoms with Crippen molar-refractivity contribution in [2.75, 3.05) is 5.32 Å². The Morgan fingerprint density at radius 3 is 3.00 bits per heavy atom. The zero-order valence-electron chi connectivity index (χ0n) is 11.2. The van der Waals surface area contributed by atoms with Gasteiger partial charge in [0.2, 0.25) is 0 Å². The van der Waals surface area contributed by atoms with Gasteiger partial charge in [-0.25, -0.2) is 0 Å². The Morgan fingerprint density at radius 2 is 2.32 bits per heavy atom. The molecule has 19 heavy (non-hydrogen) atoms. The van der Waals surface area contributed by atoms with Crippen molar-refractivity contribution in [3.63, 3.8) is 0 Å². The highest BCUT2D eigenvalue weighted by molar-refractivity contribution is 7.08. The topological polar surface area (TPSA) is 83.6 Å². The van der Waals surface area contributed by atoms with E-state index in [-0.39, 0.29) is 11.8 Å². The van der Waals surface area contributed by atoms with Gasteiger partial charge in [-0.3, -0.25) is 9.89 Å². The second-order valence-corrected chi connectivity index (χ2v) is 5.38. The van der Waals surface area contributed by atoms with E-state index in [0.29, 0.717) is 10.7 Å². The van der Waals surface area contributed by atoms with Gasteiger partial charge in [0.25, 0.3) is 5.91 Å². The maximum atomic E-state index is 12.1. The molecule has 0 aliphatic heterocycles. The molecule has 0 aliphatic carbocycles. The van der Waals surface area contributed by atoms with Gasteiger partial charge in [0.1, 0.15) is 4.88 Å². The Bertz CT molecular complexity index is 560. The van der Waals surface area contributed by atoms with Gasteiger partial charge in [-0.05, 0) is 23.9 Å². The molecule has 6 nitrogen and oxygen atoms in total.